The van der Waals surface area contributed by atoms with E-state index in [1.807, 2.05) is 0 Å². The number of nitrogens with one attached hydrogen (secondary N) is 2. The molecule has 0 aliphatic heterocycles. The van der Waals surface area contributed by atoms with Gasteiger partial charge in [-0.3, -0.25) is 0 Å². The molecule has 0 saturated carbocycles. The smallest absolute Gasteiger partial charge is 0.407 e. The Morgan fingerprint density at radius 1 is 1.16 bits per heavy atom. The fourth-order valence-corrected chi connectivity index (χ4v) is 1.08. The average molecular weight is 272 g/mol. The lowest BCUT2D eigenvalue weighted by Gasteiger charge is -2.09. The van der Waals surface area contributed by atoms with Gasteiger partial charge in [0.1, 0.15) is 13.2 Å². The van der Waals surface area contributed by atoms with Crippen molar-refractivity contribution in [1.29, 1.82) is 0 Å². The van der Waals surface area contributed by atoms with E-state index < -0.39 is 12.1 Å². The Morgan fingerprint density at radius 3 is 2.37 bits per heavy atom. The van der Waals surface area contributed by atoms with Gasteiger partial charge in [0.25, 0.3) is 0 Å². The molecule has 0 aromatic heterocycles. The van der Waals surface area contributed by atoms with Crippen molar-refractivity contribution < 1.29 is 19.1 Å². The predicted octanol–water partition coefficient (Wildman–Crippen LogP) is 1.08. The van der Waals surface area contributed by atoms with E-state index in [-0.39, 0.29) is 13.2 Å². The first kappa shape index (κ1) is 17.4. The number of amides is 1. The van der Waals surface area contributed by atoms with Gasteiger partial charge in [-0.15, -0.1) is 0 Å². The second-order valence-corrected chi connectivity index (χ2v) is 4.58. The van der Waals surface area contributed by atoms with Gasteiger partial charge in [-0.1, -0.05) is 20.4 Å². The molecule has 2 N–H and O–H groups in total. The zero-order chi connectivity index (χ0) is 14.7. The van der Waals surface area contributed by atoms with Crippen molar-refractivity contribution in [2.24, 2.45) is 5.92 Å². The van der Waals surface area contributed by atoms with Gasteiger partial charge in [-0.25, -0.2) is 9.59 Å². The highest BCUT2D eigenvalue weighted by atomic mass is 16.6. The van der Waals surface area contributed by atoms with Crippen LogP contribution in [0.1, 0.15) is 20.8 Å². The molecule has 0 aliphatic carbocycles. The molecule has 0 saturated heterocycles. The molecule has 6 nitrogen and oxygen atoms in total. The third-order valence-corrected chi connectivity index (χ3v) is 2.02. The Kier molecular flexibility index (Phi) is 9.52. The summed E-state index contributed by atoms with van der Waals surface area (Å²) >= 11 is 0. The predicted molar refractivity (Wildman–Crippen MR) is 72.8 cm³/mol. The molecular formula is C13H24N2O4. The van der Waals surface area contributed by atoms with Crippen molar-refractivity contribution >= 4 is 12.1 Å². The molecule has 0 rings (SSSR count). The summed E-state index contributed by atoms with van der Waals surface area (Å²) in [6.45, 7) is 11.4. The minimum absolute atomic E-state index is 0.104. The molecule has 6 heteroatoms. The van der Waals surface area contributed by atoms with E-state index in [0.29, 0.717) is 24.6 Å². The lowest BCUT2D eigenvalue weighted by Crippen LogP contribution is -2.31. The standard InChI is InChI=1S/C13H24N2O4/c1-10(2)9-14-5-7-19-13(17)15-6-8-18-12(16)11(3)4/h10,14H,3,5-9H2,1-2,4H3,(H,15,17). The van der Waals surface area contributed by atoms with Crippen molar-refractivity contribution in [3.63, 3.8) is 0 Å². The van der Waals surface area contributed by atoms with E-state index in [2.05, 4.69) is 31.1 Å². The zero-order valence-corrected chi connectivity index (χ0v) is 12.0. The monoisotopic (exact) mass is 272 g/mol. The van der Waals surface area contributed by atoms with Crippen molar-refractivity contribution in [2.45, 2.75) is 20.8 Å². The van der Waals surface area contributed by atoms with Gasteiger partial charge in [0.2, 0.25) is 0 Å². The van der Waals surface area contributed by atoms with Crippen LogP contribution in [-0.4, -0.2) is 44.9 Å². The quantitative estimate of drug-likeness (QED) is 0.373. The van der Waals surface area contributed by atoms with Gasteiger partial charge in [-0.05, 0) is 19.4 Å². The van der Waals surface area contributed by atoms with Crippen LogP contribution in [0.3, 0.4) is 0 Å². The Balaban J connectivity index is 3.40. The molecule has 0 aliphatic rings. The molecule has 0 heterocycles. The van der Waals surface area contributed by atoms with Crippen LogP contribution in [0.25, 0.3) is 0 Å². The topological polar surface area (TPSA) is 76.7 Å². The number of hydrogen-bond donors (Lipinski definition) is 2. The Hall–Kier alpha value is -1.56. The van der Waals surface area contributed by atoms with Crippen LogP contribution in [0.15, 0.2) is 12.2 Å². The van der Waals surface area contributed by atoms with Crippen LogP contribution in [0.4, 0.5) is 4.79 Å². The summed E-state index contributed by atoms with van der Waals surface area (Å²) in [6.07, 6.45) is -0.516. The summed E-state index contributed by atoms with van der Waals surface area (Å²) in [5.74, 6) is 0.102. The molecule has 0 fully saturated rings. The maximum absolute atomic E-state index is 11.2. The Morgan fingerprint density at radius 2 is 1.79 bits per heavy atom. The first-order chi connectivity index (χ1) is 8.93. The maximum Gasteiger partial charge on any atom is 0.407 e. The number of esters is 1. The second kappa shape index (κ2) is 10.4. The number of ether oxygens (including phenoxy) is 2. The van der Waals surface area contributed by atoms with Crippen LogP contribution >= 0.6 is 0 Å². The minimum Gasteiger partial charge on any atom is -0.460 e. The maximum atomic E-state index is 11.2. The summed E-state index contributed by atoms with van der Waals surface area (Å²) in [6, 6.07) is 0. The van der Waals surface area contributed by atoms with Gasteiger partial charge in [0.15, 0.2) is 0 Å². The zero-order valence-electron chi connectivity index (χ0n) is 12.0. The normalized spacial score (nSPS) is 10.1. The van der Waals surface area contributed by atoms with Crippen molar-refractivity contribution in [3.8, 4) is 0 Å². The summed E-state index contributed by atoms with van der Waals surface area (Å²) in [7, 11) is 0. The fraction of sp³-hybridized carbons (Fsp3) is 0.692. The number of carbonyl (C=O) groups is 2. The van der Waals surface area contributed by atoms with Gasteiger partial charge < -0.3 is 20.1 Å². The van der Waals surface area contributed by atoms with Crippen LogP contribution < -0.4 is 10.6 Å². The van der Waals surface area contributed by atoms with Crippen molar-refractivity contribution in [3.05, 3.63) is 12.2 Å². The molecule has 0 radical (unpaired) electrons. The summed E-state index contributed by atoms with van der Waals surface area (Å²) < 4.78 is 9.71. The van der Waals surface area contributed by atoms with E-state index in [1.54, 1.807) is 6.92 Å². The molecular weight excluding hydrogens is 248 g/mol. The molecule has 110 valence electrons. The third-order valence-electron chi connectivity index (χ3n) is 2.02. The lowest BCUT2D eigenvalue weighted by atomic mass is 10.2. The van der Waals surface area contributed by atoms with Crippen molar-refractivity contribution in [1.82, 2.24) is 10.6 Å². The highest BCUT2D eigenvalue weighted by Gasteiger charge is 2.04. The highest BCUT2D eigenvalue weighted by molar-refractivity contribution is 5.86. The van der Waals surface area contributed by atoms with Crippen molar-refractivity contribution in [2.75, 3.05) is 32.8 Å². The molecule has 0 bridgehead atoms. The molecule has 19 heavy (non-hydrogen) atoms. The minimum atomic E-state index is -0.516. The van der Waals surface area contributed by atoms with Gasteiger partial charge in [0, 0.05) is 12.1 Å². The SMILES string of the molecule is C=C(C)C(=O)OCCNC(=O)OCCNCC(C)C. The van der Waals surface area contributed by atoms with Gasteiger partial charge in [-0.2, -0.15) is 0 Å². The number of hydrogen-bond acceptors (Lipinski definition) is 5. The Labute approximate surface area is 114 Å². The number of alkyl carbamates (subject to hydrolysis) is 1. The fourth-order valence-electron chi connectivity index (χ4n) is 1.08. The third kappa shape index (κ3) is 11.3. The molecule has 1 amide bonds. The average Bonchev–Trinajstić information content (AvgIpc) is 2.33. The van der Waals surface area contributed by atoms with Crippen LogP contribution in [0.2, 0.25) is 0 Å². The summed E-state index contributed by atoms with van der Waals surface area (Å²) in [4.78, 5) is 22.2. The summed E-state index contributed by atoms with van der Waals surface area (Å²) in [5.41, 5.74) is 0.332. The van der Waals surface area contributed by atoms with Crippen LogP contribution in [0, 0.1) is 5.92 Å². The van der Waals surface area contributed by atoms with E-state index in [0.717, 1.165) is 6.54 Å². The van der Waals surface area contributed by atoms with Crippen LogP contribution in [0.5, 0.6) is 0 Å². The molecule has 0 atom stereocenters. The van der Waals surface area contributed by atoms with Gasteiger partial charge >= 0.3 is 12.1 Å². The summed E-state index contributed by atoms with van der Waals surface area (Å²) in [5, 5.41) is 5.63. The Bertz CT molecular complexity index is 303. The van der Waals surface area contributed by atoms with Gasteiger partial charge in [0.05, 0.1) is 6.54 Å². The first-order valence-corrected chi connectivity index (χ1v) is 6.37. The second-order valence-electron chi connectivity index (χ2n) is 4.58. The largest absolute Gasteiger partial charge is 0.460 e. The van der Waals surface area contributed by atoms with E-state index in [4.69, 9.17) is 9.47 Å². The number of rotatable bonds is 9. The van der Waals surface area contributed by atoms with Crippen LogP contribution in [-0.2, 0) is 14.3 Å². The molecule has 0 spiro atoms. The molecule has 0 unspecified atom stereocenters. The molecule has 0 aromatic rings. The lowest BCUT2D eigenvalue weighted by molar-refractivity contribution is -0.138. The highest BCUT2D eigenvalue weighted by Crippen LogP contribution is 1.90. The van der Waals surface area contributed by atoms with E-state index in [1.165, 1.54) is 0 Å². The first-order valence-electron chi connectivity index (χ1n) is 6.37. The van der Waals surface area contributed by atoms with E-state index in [9.17, 15) is 9.59 Å². The molecule has 0 aromatic carbocycles. The van der Waals surface area contributed by atoms with E-state index >= 15 is 0 Å². The number of carbonyl (C=O) groups excluding carboxylic acids is 2.